The molecule has 1 heterocycles. The largest absolute Gasteiger partial charge is 0.342 e. The number of hydrogen-bond acceptors (Lipinski definition) is 2. The zero-order valence-electron chi connectivity index (χ0n) is 11.0. The summed E-state index contributed by atoms with van der Waals surface area (Å²) in [6.07, 6.45) is 1.54. The van der Waals surface area contributed by atoms with Gasteiger partial charge in [0.15, 0.2) is 0 Å². The Morgan fingerprint density at radius 3 is 2.63 bits per heavy atom. The highest BCUT2D eigenvalue weighted by Gasteiger charge is 2.38. The standard InChI is InChI=1S/C14H17IN2O2/c1-3-6-11-14(19)17(9(2)13(18)16-11)12-8-5-4-7-10(12)15/h4-5,7-9,11H,3,6H2,1-2H3,(H,16,18). The molecule has 5 heteroatoms. The van der Waals surface area contributed by atoms with Crippen LogP contribution in [0.3, 0.4) is 0 Å². The van der Waals surface area contributed by atoms with Crippen LogP contribution in [0.5, 0.6) is 0 Å². The van der Waals surface area contributed by atoms with Crippen molar-refractivity contribution in [3.05, 3.63) is 27.8 Å². The number of nitrogens with one attached hydrogen (secondary N) is 1. The van der Waals surface area contributed by atoms with Gasteiger partial charge in [-0.2, -0.15) is 0 Å². The number of halogens is 1. The van der Waals surface area contributed by atoms with Crippen molar-refractivity contribution in [2.45, 2.75) is 38.8 Å². The van der Waals surface area contributed by atoms with Gasteiger partial charge in [0.25, 0.3) is 0 Å². The number of benzene rings is 1. The van der Waals surface area contributed by atoms with Crippen molar-refractivity contribution in [2.24, 2.45) is 0 Å². The van der Waals surface area contributed by atoms with Crippen LogP contribution in [-0.2, 0) is 9.59 Å². The quantitative estimate of drug-likeness (QED) is 0.828. The van der Waals surface area contributed by atoms with Gasteiger partial charge in [-0.05, 0) is 48.1 Å². The molecule has 1 aliphatic rings. The molecule has 1 aliphatic heterocycles. The van der Waals surface area contributed by atoms with Crippen LogP contribution in [0.15, 0.2) is 24.3 Å². The van der Waals surface area contributed by atoms with E-state index in [1.54, 1.807) is 11.8 Å². The molecule has 0 radical (unpaired) electrons. The van der Waals surface area contributed by atoms with Crippen LogP contribution in [0.25, 0.3) is 0 Å². The summed E-state index contributed by atoms with van der Waals surface area (Å²) < 4.78 is 0.977. The summed E-state index contributed by atoms with van der Waals surface area (Å²) in [5.41, 5.74) is 0.816. The van der Waals surface area contributed by atoms with Crippen molar-refractivity contribution in [3.63, 3.8) is 0 Å². The number of nitrogens with zero attached hydrogens (tertiary/aromatic N) is 1. The topological polar surface area (TPSA) is 49.4 Å². The zero-order chi connectivity index (χ0) is 14.0. The SMILES string of the molecule is CCCC1NC(=O)C(C)N(c2ccccc2I)C1=O. The fraction of sp³-hybridized carbons (Fsp3) is 0.429. The van der Waals surface area contributed by atoms with Crippen molar-refractivity contribution < 1.29 is 9.59 Å². The highest BCUT2D eigenvalue weighted by molar-refractivity contribution is 14.1. The Labute approximate surface area is 126 Å². The minimum atomic E-state index is -0.462. The molecular weight excluding hydrogens is 355 g/mol. The first-order valence-electron chi connectivity index (χ1n) is 6.44. The second kappa shape index (κ2) is 5.90. The van der Waals surface area contributed by atoms with Gasteiger partial charge in [0.2, 0.25) is 11.8 Å². The molecular formula is C14H17IN2O2. The summed E-state index contributed by atoms with van der Waals surface area (Å²) in [5.74, 6) is -0.101. The summed E-state index contributed by atoms with van der Waals surface area (Å²) in [4.78, 5) is 26.2. The third-order valence-electron chi connectivity index (χ3n) is 3.31. The van der Waals surface area contributed by atoms with Crippen molar-refractivity contribution in [2.75, 3.05) is 4.90 Å². The smallest absolute Gasteiger partial charge is 0.250 e. The summed E-state index contributed by atoms with van der Waals surface area (Å²) in [7, 11) is 0. The van der Waals surface area contributed by atoms with Crippen molar-refractivity contribution in [1.82, 2.24) is 5.32 Å². The van der Waals surface area contributed by atoms with Gasteiger partial charge in [0.1, 0.15) is 12.1 Å². The fourth-order valence-electron chi connectivity index (χ4n) is 2.29. The monoisotopic (exact) mass is 372 g/mol. The Bertz CT molecular complexity index is 504. The number of carbonyl (C=O) groups is 2. The van der Waals surface area contributed by atoms with E-state index < -0.39 is 12.1 Å². The minimum absolute atomic E-state index is 0.0157. The minimum Gasteiger partial charge on any atom is -0.342 e. The Balaban J connectivity index is 2.38. The van der Waals surface area contributed by atoms with Gasteiger partial charge >= 0.3 is 0 Å². The number of carbonyl (C=O) groups excluding carboxylic acids is 2. The predicted octanol–water partition coefficient (Wildman–Crippen LogP) is 2.31. The molecule has 0 saturated carbocycles. The lowest BCUT2D eigenvalue weighted by molar-refractivity contribution is -0.133. The van der Waals surface area contributed by atoms with Gasteiger partial charge < -0.3 is 5.32 Å². The number of piperazine rings is 1. The Morgan fingerprint density at radius 2 is 2.00 bits per heavy atom. The van der Waals surface area contributed by atoms with E-state index >= 15 is 0 Å². The molecule has 19 heavy (non-hydrogen) atoms. The van der Waals surface area contributed by atoms with Crippen LogP contribution < -0.4 is 10.2 Å². The third-order valence-corrected chi connectivity index (χ3v) is 4.22. The number of hydrogen-bond donors (Lipinski definition) is 1. The van der Waals surface area contributed by atoms with Gasteiger partial charge in [0, 0.05) is 3.57 Å². The number of para-hydroxylation sites is 1. The number of rotatable bonds is 3. The zero-order valence-corrected chi connectivity index (χ0v) is 13.2. The fourth-order valence-corrected chi connectivity index (χ4v) is 2.94. The van der Waals surface area contributed by atoms with Gasteiger partial charge in [-0.3, -0.25) is 14.5 Å². The first kappa shape index (κ1) is 14.3. The first-order valence-corrected chi connectivity index (χ1v) is 7.52. The third kappa shape index (κ3) is 2.75. The lowest BCUT2D eigenvalue weighted by Gasteiger charge is -2.37. The molecule has 2 amide bonds. The molecule has 0 aromatic heterocycles. The molecule has 102 valence electrons. The molecule has 1 N–H and O–H groups in total. The second-order valence-corrected chi connectivity index (χ2v) is 5.85. The van der Waals surface area contributed by atoms with E-state index in [0.29, 0.717) is 6.42 Å². The van der Waals surface area contributed by atoms with Crippen LogP contribution in [0.2, 0.25) is 0 Å². The van der Waals surface area contributed by atoms with Crippen LogP contribution >= 0.6 is 22.6 Å². The van der Waals surface area contributed by atoms with Crippen LogP contribution in [0, 0.1) is 3.57 Å². The Hall–Kier alpha value is -1.11. The summed E-state index contributed by atoms with van der Waals surface area (Å²) in [6.45, 7) is 3.77. The summed E-state index contributed by atoms with van der Waals surface area (Å²) in [6, 6.07) is 6.78. The second-order valence-electron chi connectivity index (χ2n) is 4.69. The van der Waals surface area contributed by atoms with Crippen molar-refractivity contribution >= 4 is 40.1 Å². The van der Waals surface area contributed by atoms with Crippen molar-refractivity contribution in [1.29, 1.82) is 0 Å². The first-order chi connectivity index (χ1) is 9.06. The molecule has 0 spiro atoms. The maximum atomic E-state index is 12.5. The average Bonchev–Trinajstić information content (AvgIpc) is 2.38. The molecule has 0 aliphatic carbocycles. The van der Waals surface area contributed by atoms with E-state index in [4.69, 9.17) is 0 Å². The van der Waals surface area contributed by atoms with Crippen LogP contribution in [0.1, 0.15) is 26.7 Å². The maximum Gasteiger partial charge on any atom is 0.250 e. The average molecular weight is 372 g/mol. The molecule has 2 atom stereocenters. The van der Waals surface area contributed by atoms with E-state index in [1.165, 1.54) is 0 Å². The molecule has 4 nitrogen and oxygen atoms in total. The van der Waals surface area contributed by atoms with E-state index in [0.717, 1.165) is 15.7 Å². The predicted molar refractivity (Wildman–Crippen MR) is 82.9 cm³/mol. The molecule has 2 unspecified atom stereocenters. The molecule has 0 bridgehead atoms. The molecule has 1 aromatic rings. The van der Waals surface area contributed by atoms with E-state index in [2.05, 4.69) is 27.9 Å². The normalized spacial score (nSPS) is 23.4. The van der Waals surface area contributed by atoms with E-state index in [-0.39, 0.29) is 11.8 Å². The molecule has 1 saturated heterocycles. The van der Waals surface area contributed by atoms with Gasteiger partial charge in [-0.15, -0.1) is 0 Å². The van der Waals surface area contributed by atoms with Crippen LogP contribution in [-0.4, -0.2) is 23.9 Å². The van der Waals surface area contributed by atoms with Gasteiger partial charge in [0.05, 0.1) is 5.69 Å². The summed E-state index contributed by atoms with van der Waals surface area (Å²) >= 11 is 2.19. The Kier molecular flexibility index (Phi) is 4.44. The Morgan fingerprint density at radius 1 is 1.32 bits per heavy atom. The van der Waals surface area contributed by atoms with E-state index in [9.17, 15) is 9.59 Å². The highest BCUT2D eigenvalue weighted by atomic mass is 127. The lowest BCUT2D eigenvalue weighted by atomic mass is 10.0. The van der Waals surface area contributed by atoms with Gasteiger partial charge in [-0.25, -0.2) is 0 Å². The molecule has 1 fully saturated rings. The van der Waals surface area contributed by atoms with E-state index in [1.807, 2.05) is 31.2 Å². The number of anilines is 1. The van der Waals surface area contributed by atoms with Crippen LogP contribution in [0.4, 0.5) is 5.69 Å². The van der Waals surface area contributed by atoms with Gasteiger partial charge in [-0.1, -0.05) is 25.5 Å². The highest BCUT2D eigenvalue weighted by Crippen LogP contribution is 2.27. The lowest BCUT2D eigenvalue weighted by Crippen LogP contribution is -2.62. The molecule has 1 aromatic carbocycles. The maximum absolute atomic E-state index is 12.5. The van der Waals surface area contributed by atoms with Crippen molar-refractivity contribution in [3.8, 4) is 0 Å². The number of amides is 2. The molecule has 2 rings (SSSR count). The summed E-state index contributed by atoms with van der Waals surface area (Å²) in [5, 5.41) is 2.80.